The molecule has 0 aliphatic carbocycles. The number of hydrogen-bond donors (Lipinski definition) is 2. The average Bonchev–Trinajstić information content (AvgIpc) is 3.02. The highest BCUT2D eigenvalue weighted by molar-refractivity contribution is 5.94. The van der Waals surface area contributed by atoms with Crippen molar-refractivity contribution in [2.24, 2.45) is 5.92 Å². The van der Waals surface area contributed by atoms with Crippen LogP contribution in [0.1, 0.15) is 124 Å². The van der Waals surface area contributed by atoms with Gasteiger partial charge in [-0.25, -0.2) is 9.59 Å². The van der Waals surface area contributed by atoms with Gasteiger partial charge in [0.15, 0.2) is 0 Å². The number of benzene rings is 2. The molecule has 2 aromatic carbocycles. The Kier molecular flexibility index (Phi) is 16.5. The maximum atomic E-state index is 14.7. The van der Waals surface area contributed by atoms with E-state index in [0.717, 1.165) is 31.2 Å². The Morgan fingerprint density at radius 3 is 1.94 bits per heavy atom. The van der Waals surface area contributed by atoms with Crippen LogP contribution in [0.25, 0.3) is 0 Å². The van der Waals surface area contributed by atoms with Gasteiger partial charge < -0.3 is 25.0 Å². The minimum atomic E-state index is -1.14. The summed E-state index contributed by atoms with van der Waals surface area (Å²) in [5, 5.41) is 5.75. The molecule has 0 bridgehead atoms. The van der Waals surface area contributed by atoms with Crippen LogP contribution in [0.2, 0.25) is 0 Å². The number of terminal acetylenes is 1. The summed E-state index contributed by atoms with van der Waals surface area (Å²) in [7, 11) is 0. The first kappa shape index (κ1) is 41.8. The number of carbonyl (C=O) groups excluding carboxylic acids is 4. The standard InChI is InChI=1S/C41H59N3O6/c1-11-13-14-15-19-26-44(37(46)33(27-29(3)4)43-39(48)50-41(8,9)10)35(32-24-22-30(12-2)23-25-32)36(45)42-34(38(47)49-40(5,6)7)28-31-20-17-16-18-21-31/h2,16-18,20-25,29,33-35H,11,13-15,19,26-28H2,1,3-10H3,(H,42,45)(H,43,48). The molecule has 0 radical (unpaired) electrons. The Morgan fingerprint density at radius 1 is 0.800 bits per heavy atom. The molecule has 0 aliphatic heterocycles. The molecule has 0 saturated heterocycles. The molecule has 3 amide bonds. The van der Waals surface area contributed by atoms with Gasteiger partial charge in [0, 0.05) is 18.5 Å². The topological polar surface area (TPSA) is 114 Å². The zero-order valence-electron chi connectivity index (χ0n) is 31.6. The monoisotopic (exact) mass is 689 g/mol. The predicted molar refractivity (Wildman–Crippen MR) is 198 cm³/mol. The first-order valence-corrected chi connectivity index (χ1v) is 17.9. The van der Waals surface area contributed by atoms with E-state index in [1.165, 1.54) is 4.90 Å². The number of carbonyl (C=O) groups is 4. The summed E-state index contributed by atoms with van der Waals surface area (Å²) in [6.07, 6.45) is 10.0. The summed E-state index contributed by atoms with van der Waals surface area (Å²) in [5.74, 6) is 1.09. The van der Waals surface area contributed by atoms with Crippen molar-refractivity contribution in [1.82, 2.24) is 15.5 Å². The first-order valence-electron chi connectivity index (χ1n) is 17.9. The average molecular weight is 690 g/mol. The normalized spacial score (nSPS) is 13.4. The number of ether oxygens (including phenoxy) is 2. The number of amides is 3. The molecule has 0 aromatic heterocycles. The highest BCUT2D eigenvalue weighted by atomic mass is 16.6. The quantitative estimate of drug-likeness (QED) is 0.101. The van der Waals surface area contributed by atoms with Gasteiger partial charge in [-0.1, -0.05) is 94.8 Å². The van der Waals surface area contributed by atoms with E-state index in [-0.39, 0.29) is 18.9 Å². The van der Waals surface area contributed by atoms with E-state index < -0.39 is 53.2 Å². The molecular formula is C41H59N3O6. The highest BCUT2D eigenvalue weighted by Gasteiger charge is 2.38. The van der Waals surface area contributed by atoms with E-state index in [9.17, 15) is 19.2 Å². The van der Waals surface area contributed by atoms with Crippen LogP contribution in [0, 0.1) is 18.3 Å². The largest absolute Gasteiger partial charge is 0.458 e. The van der Waals surface area contributed by atoms with E-state index in [2.05, 4.69) is 23.5 Å². The van der Waals surface area contributed by atoms with Gasteiger partial charge in [-0.2, -0.15) is 0 Å². The number of hydrogen-bond acceptors (Lipinski definition) is 6. The lowest BCUT2D eigenvalue weighted by Gasteiger charge is -2.36. The third-order valence-corrected chi connectivity index (χ3v) is 7.73. The second kappa shape index (κ2) is 19.8. The fourth-order valence-electron chi connectivity index (χ4n) is 5.50. The van der Waals surface area contributed by atoms with Gasteiger partial charge in [-0.05, 0) is 83.6 Å². The zero-order valence-corrected chi connectivity index (χ0v) is 31.6. The summed E-state index contributed by atoms with van der Waals surface area (Å²) in [5.41, 5.74) is 0.405. The molecule has 0 heterocycles. The summed E-state index contributed by atoms with van der Waals surface area (Å²) in [6.45, 7) is 16.9. The third kappa shape index (κ3) is 15.1. The molecule has 0 saturated carbocycles. The van der Waals surface area contributed by atoms with E-state index in [1.54, 1.807) is 65.8 Å². The predicted octanol–water partition coefficient (Wildman–Crippen LogP) is 7.52. The molecule has 3 unspecified atom stereocenters. The summed E-state index contributed by atoms with van der Waals surface area (Å²) < 4.78 is 11.3. The van der Waals surface area contributed by atoms with E-state index >= 15 is 0 Å². The number of esters is 1. The number of nitrogens with zero attached hydrogens (tertiary/aromatic N) is 1. The number of rotatable bonds is 17. The Morgan fingerprint density at radius 2 is 1.40 bits per heavy atom. The van der Waals surface area contributed by atoms with Crippen LogP contribution in [0.3, 0.4) is 0 Å². The molecule has 2 aromatic rings. The van der Waals surface area contributed by atoms with Crippen molar-refractivity contribution in [3.63, 3.8) is 0 Å². The molecule has 274 valence electrons. The molecular weight excluding hydrogens is 630 g/mol. The Hall–Kier alpha value is -4.32. The molecule has 50 heavy (non-hydrogen) atoms. The number of unbranched alkanes of at least 4 members (excludes halogenated alkanes) is 4. The van der Waals surface area contributed by atoms with Gasteiger partial charge in [0.25, 0.3) is 0 Å². The van der Waals surface area contributed by atoms with Crippen molar-refractivity contribution in [2.45, 2.75) is 137 Å². The Balaban J connectivity index is 2.66. The Labute approximate surface area is 300 Å². The molecule has 2 N–H and O–H groups in total. The SMILES string of the molecule is C#Cc1ccc(C(C(=O)NC(Cc2ccccc2)C(=O)OC(C)(C)C)N(CCCCCCC)C(=O)C(CC(C)C)NC(=O)OC(C)(C)C)cc1. The maximum absolute atomic E-state index is 14.7. The fourth-order valence-corrected chi connectivity index (χ4v) is 5.50. The summed E-state index contributed by atoms with van der Waals surface area (Å²) in [6, 6.07) is 13.1. The van der Waals surface area contributed by atoms with Crippen molar-refractivity contribution in [2.75, 3.05) is 6.54 Å². The molecule has 9 heteroatoms. The van der Waals surface area contributed by atoms with Gasteiger partial charge in [-0.15, -0.1) is 6.42 Å². The molecule has 2 rings (SSSR count). The first-order chi connectivity index (χ1) is 23.4. The van der Waals surface area contributed by atoms with Crippen molar-refractivity contribution in [3.05, 3.63) is 71.3 Å². The van der Waals surface area contributed by atoms with Crippen LogP contribution in [-0.4, -0.2) is 58.6 Å². The second-order valence-corrected chi connectivity index (χ2v) is 15.2. The van der Waals surface area contributed by atoms with E-state index in [0.29, 0.717) is 24.0 Å². The van der Waals surface area contributed by atoms with Crippen molar-refractivity contribution < 1.29 is 28.7 Å². The molecule has 0 fully saturated rings. The van der Waals surface area contributed by atoms with Crippen LogP contribution >= 0.6 is 0 Å². The lowest BCUT2D eigenvalue weighted by molar-refractivity contribution is -0.159. The van der Waals surface area contributed by atoms with E-state index in [4.69, 9.17) is 15.9 Å². The highest BCUT2D eigenvalue weighted by Crippen LogP contribution is 2.26. The van der Waals surface area contributed by atoms with Crippen LogP contribution in [0.4, 0.5) is 4.79 Å². The van der Waals surface area contributed by atoms with Gasteiger partial charge in [0.05, 0.1) is 0 Å². The molecule has 3 atom stereocenters. The van der Waals surface area contributed by atoms with Crippen LogP contribution in [0.5, 0.6) is 0 Å². The van der Waals surface area contributed by atoms with Crippen LogP contribution < -0.4 is 10.6 Å². The van der Waals surface area contributed by atoms with Gasteiger partial charge in [0.1, 0.15) is 29.3 Å². The molecule has 0 aliphatic rings. The van der Waals surface area contributed by atoms with Crippen LogP contribution in [-0.2, 0) is 30.3 Å². The number of alkyl carbamates (subject to hydrolysis) is 1. The van der Waals surface area contributed by atoms with E-state index in [1.807, 2.05) is 44.2 Å². The van der Waals surface area contributed by atoms with Gasteiger partial charge in [-0.3, -0.25) is 9.59 Å². The summed E-state index contributed by atoms with van der Waals surface area (Å²) in [4.78, 5) is 57.5. The maximum Gasteiger partial charge on any atom is 0.408 e. The lowest BCUT2D eigenvalue weighted by atomic mass is 9.97. The lowest BCUT2D eigenvalue weighted by Crippen LogP contribution is -2.55. The minimum Gasteiger partial charge on any atom is -0.458 e. The molecule has 0 spiro atoms. The van der Waals surface area contributed by atoms with Gasteiger partial charge >= 0.3 is 12.1 Å². The number of nitrogens with one attached hydrogen (secondary N) is 2. The summed E-state index contributed by atoms with van der Waals surface area (Å²) >= 11 is 0. The molecule has 9 nitrogen and oxygen atoms in total. The zero-order chi connectivity index (χ0) is 37.5. The van der Waals surface area contributed by atoms with Gasteiger partial charge in [0.2, 0.25) is 11.8 Å². The minimum absolute atomic E-state index is 0.0369. The van der Waals surface area contributed by atoms with Crippen LogP contribution in [0.15, 0.2) is 54.6 Å². The van der Waals surface area contributed by atoms with Crippen molar-refractivity contribution >= 4 is 23.9 Å². The fraction of sp³-hybridized carbons (Fsp3) is 0.561. The smallest absolute Gasteiger partial charge is 0.408 e. The third-order valence-electron chi connectivity index (χ3n) is 7.73. The van der Waals surface area contributed by atoms with Crippen molar-refractivity contribution in [1.29, 1.82) is 0 Å². The van der Waals surface area contributed by atoms with Crippen molar-refractivity contribution in [3.8, 4) is 12.3 Å². The second-order valence-electron chi connectivity index (χ2n) is 15.2. The Bertz CT molecular complexity index is 1420.